The largest absolute Gasteiger partial charge is 0.409 e. The molecule has 2 rings (SSSR count). The SMILES string of the molecule is CN(Cc1cc(F)cc(/C(N)=N/O)c1)Cc1nccn1C. The fourth-order valence-electron chi connectivity index (χ4n) is 2.11. The van der Waals surface area contributed by atoms with Gasteiger partial charge in [-0.05, 0) is 30.8 Å². The Bertz CT molecular complexity index is 653. The van der Waals surface area contributed by atoms with Crippen molar-refractivity contribution in [3.63, 3.8) is 0 Å². The van der Waals surface area contributed by atoms with Crippen LogP contribution in [0.4, 0.5) is 4.39 Å². The van der Waals surface area contributed by atoms with Crippen molar-refractivity contribution in [2.75, 3.05) is 7.05 Å². The first-order valence-electron chi connectivity index (χ1n) is 6.41. The minimum absolute atomic E-state index is 0.109. The Kier molecular flexibility index (Phi) is 4.54. The first-order chi connectivity index (χ1) is 9.99. The summed E-state index contributed by atoms with van der Waals surface area (Å²) in [6, 6.07) is 4.37. The zero-order valence-corrected chi connectivity index (χ0v) is 12.0. The van der Waals surface area contributed by atoms with E-state index in [1.807, 2.05) is 29.8 Å². The fourth-order valence-corrected chi connectivity index (χ4v) is 2.11. The third-order valence-corrected chi connectivity index (χ3v) is 3.15. The first kappa shape index (κ1) is 15.0. The van der Waals surface area contributed by atoms with Crippen molar-refractivity contribution in [3.8, 4) is 0 Å². The number of nitrogens with zero attached hydrogens (tertiary/aromatic N) is 4. The van der Waals surface area contributed by atoms with Gasteiger partial charge in [-0.25, -0.2) is 9.37 Å². The minimum atomic E-state index is -0.417. The number of benzene rings is 1. The molecule has 0 unspecified atom stereocenters. The maximum Gasteiger partial charge on any atom is 0.170 e. The molecule has 3 N–H and O–H groups in total. The zero-order chi connectivity index (χ0) is 15.4. The van der Waals surface area contributed by atoms with Gasteiger partial charge >= 0.3 is 0 Å². The number of aryl methyl sites for hydroxylation is 1. The summed E-state index contributed by atoms with van der Waals surface area (Å²) in [6.45, 7) is 1.16. The lowest BCUT2D eigenvalue weighted by Crippen LogP contribution is -2.20. The Morgan fingerprint density at radius 1 is 1.43 bits per heavy atom. The van der Waals surface area contributed by atoms with E-state index in [-0.39, 0.29) is 5.84 Å². The number of oxime groups is 1. The average Bonchev–Trinajstić information content (AvgIpc) is 2.82. The quantitative estimate of drug-likeness (QED) is 0.376. The maximum atomic E-state index is 13.6. The molecule has 0 aliphatic carbocycles. The van der Waals surface area contributed by atoms with E-state index in [9.17, 15) is 4.39 Å². The van der Waals surface area contributed by atoms with Crippen molar-refractivity contribution in [2.24, 2.45) is 17.9 Å². The Labute approximate surface area is 122 Å². The number of hydrogen-bond acceptors (Lipinski definition) is 4. The number of nitrogens with two attached hydrogens (primary N) is 1. The third kappa shape index (κ3) is 3.79. The van der Waals surface area contributed by atoms with E-state index in [1.54, 1.807) is 12.3 Å². The fraction of sp³-hybridized carbons (Fsp3) is 0.286. The highest BCUT2D eigenvalue weighted by Crippen LogP contribution is 2.12. The molecule has 112 valence electrons. The second-order valence-corrected chi connectivity index (χ2v) is 4.96. The average molecular weight is 291 g/mol. The van der Waals surface area contributed by atoms with Crippen molar-refractivity contribution in [1.29, 1.82) is 0 Å². The molecule has 0 amide bonds. The van der Waals surface area contributed by atoms with Gasteiger partial charge in [0.15, 0.2) is 5.84 Å². The molecule has 0 aliphatic heterocycles. The second kappa shape index (κ2) is 6.36. The standard InChI is InChI=1S/C14H18FN5O/c1-19(9-13-17-3-4-20(13)2)8-10-5-11(14(16)18-21)7-12(15)6-10/h3-7,21H,8-9H2,1-2H3,(H2,16,18). The molecule has 1 heterocycles. The number of hydrogen-bond donors (Lipinski definition) is 2. The van der Waals surface area contributed by atoms with E-state index < -0.39 is 5.82 Å². The van der Waals surface area contributed by atoms with Crippen LogP contribution in [0.25, 0.3) is 0 Å². The smallest absolute Gasteiger partial charge is 0.170 e. The third-order valence-electron chi connectivity index (χ3n) is 3.15. The highest BCUT2D eigenvalue weighted by Gasteiger charge is 2.09. The molecule has 0 bridgehead atoms. The van der Waals surface area contributed by atoms with Crippen LogP contribution >= 0.6 is 0 Å². The lowest BCUT2D eigenvalue weighted by Gasteiger charge is -2.17. The molecule has 0 radical (unpaired) electrons. The first-order valence-corrected chi connectivity index (χ1v) is 6.41. The van der Waals surface area contributed by atoms with E-state index in [2.05, 4.69) is 10.1 Å². The minimum Gasteiger partial charge on any atom is -0.409 e. The van der Waals surface area contributed by atoms with Gasteiger partial charge in [0, 0.05) is 31.5 Å². The van der Waals surface area contributed by atoms with Crippen molar-refractivity contribution in [3.05, 3.63) is 53.4 Å². The van der Waals surface area contributed by atoms with Crippen LogP contribution in [0.2, 0.25) is 0 Å². The maximum absolute atomic E-state index is 13.6. The van der Waals surface area contributed by atoms with Gasteiger partial charge in [0.05, 0.1) is 6.54 Å². The van der Waals surface area contributed by atoms with Crippen LogP contribution in [0, 0.1) is 5.82 Å². The van der Waals surface area contributed by atoms with Gasteiger partial charge in [0.25, 0.3) is 0 Å². The van der Waals surface area contributed by atoms with E-state index in [4.69, 9.17) is 10.9 Å². The summed E-state index contributed by atoms with van der Waals surface area (Å²) in [5.74, 6) is 0.396. The van der Waals surface area contributed by atoms with E-state index in [0.29, 0.717) is 18.7 Å². The molecular formula is C14H18FN5O. The van der Waals surface area contributed by atoms with Gasteiger partial charge in [-0.2, -0.15) is 0 Å². The summed E-state index contributed by atoms with van der Waals surface area (Å²) in [7, 11) is 3.84. The molecule has 0 fully saturated rings. The van der Waals surface area contributed by atoms with E-state index in [0.717, 1.165) is 11.4 Å². The highest BCUT2D eigenvalue weighted by atomic mass is 19.1. The Morgan fingerprint density at radius 3 is 2.81 bits per heavy atom. The van der Waals surface area contributed by atoms with Crippen molar-refractivity contribution in [2.45, 2.75) is 13.1 Å². The lowest BCUT2D eigenvalue weighted by atomic mass is 10.1. The van der Waals surface area contributed by atoms with Gasteiger partial charge in [0.2, 0.25) is 0 Å². The normalized spacial score (nSPS) is 12.1. The van der Waals surface area contributed by atoms with Gasteiger partial charge in [-0.1, -0.05) is 5.16 Å². The number of aromatic nitrogens is 2. The highest BCUT2D eigenvalue weighted by molar-refractivity contribution is 5.97. The molecule has 1 aromatic carbocycles. The Hall–Kier alpha value is -2.41. The van der Waals surface area contributed by atoms with E-state index >= 15 is 0 Å². The van der Waals surface area contributed by atoms with Gasteiger partial charge < -0.3 is 15.5 Å². The van der Waals surface area contributed by atoms with Crippen LogP contribution in [-0.4, -0.2) is 32.5 Å². The summed E-state index contributed by atoms with van der Waals surface area (Å²) in [5.41, 5.74) is 6.60. The van der Waals surface area contributed by atoms with Crippen LogP contribution in [0.5, 0.6) is 0 Å². The summed E-state index contributed by atoms with van der Waals surface area (Å²) in [5, 5.41) is 11.6. The van der Waals surface area contributed by atoms with Crippen LogP contribution in [-0.2, 0) is 20.1 Å². The summed E-state index contributed by atoms with van der Waals surface area (Å²) in [6.07, 6.45) is 3.61. The predicted octanol–water partition coefficient (Wildman–Crippen LogP) is 1.29. The van der Waals surface area contributed by atoms with Crippen molar-refractivity contribution >= 4 is 5.84 Å². The van der Waals surface area contributed by atoms with E-state index in [1.165, 1.54) is 12.1 Å². The molecule has 0 saturated heterocycles. The molecule has 0 spiro atoms. The Balaban J connectivity index is 2.12. The van der Waals surface area contributed by atoms with Gasteiger partial charge in [0.1, 0.15) is 11.6 Å². The van der Waals surface area contributed by atoms with Crippen LogP contribution in [0.15, 0.2) is 35.7 Å². The van der Waals surface area contributed by atoms with Crippen LogP contribution in [0.1, 0.15) is 17.0 Å². The molecule has 6 nitrogen and oxygen atoms in total. The molecule has 1 aromatic heterocycles. The number of amidine groups is 1. The lowest BCUT2D eigenvalue weighted by molar-refractivity contribution is 0.306. The number of imidazole rings is 1. The van der Waals surface area contributed by atoms with Crippen molar-refractivity contribution in [1.82, 2.24) is 14.5 Å². The molecule has 21 heavy (non-hydrogen) atoms. The summed E-state index contributed by atoms with van der Waals surface area (Å²) in [4.78, 5) is 6.26. The zero-order valence-electron chi connectivity index (χ0n) is 12.0. The molecular weight excluding hydrogens is 273 g/mol. The van der Waals surface area contributed by atoms with Crippen LogP contribution < -0.4 is 5.73 Å². The molecule has 0 saturated carbocycles. The molecule has 7 heteroatoms. The molecule has 0 aliphatic rings. The summed E-state index contributed by atoms with van der Waals surface area (Å²) < 4.78 is 15.5. The number of halogens is 1. The monoisotopic (exact) mass is 291 g/mol. The Morgan fingerprint density at radius 2 is 2.19 bits per heavy atom. The van der Waals surface area contributed by atoms with Crippen LogP contribution in [0.3, 0.4) is 0 Å². The van der Waals surface area contributed by atoms with Gasteiger partial charge in [-0.3, -0.25) is 4.90 Å². The topological polar surface area (TPSA) is 79.7 Å². The summed E-state index contributed by atoms with van der Waals surface area (Å²) >= 11 is 0. The number of rotatable bonds is 5. The molecule has 2 aromatic rings. The van der Waals surface area contributed by atoms with Gasteiger partial charge in [-0.15, -0.1) is 0 Å². The molecule has 0 atom stereocenters. The van der Waals surface area contributed by atoms with Crippen molar-refractivity contribution < 1.29 is 9.60 Å². The predicted molar refractivity (Wildman–Crippen MR) is 77.3 cm³/mol. The second-order valence-electron chi connectivity index (χ2n) is 4.96.